The molecule has 5 rings (SSSR count). The van der Waals surface area contributed by atoms with E-state index in [1.54, 1.807) is 30.3 Å². The third-order valence-electron chi connectivity index (χ3n) is 5.94. The van der Waals surface area contributed by atoms with Crippen LogP contribution < -0.4 is 10.6 Å². The van der Waals surface area contributed by atoms with Crippen LogP contribution >= 0.6 is 23.1 Å². The summed E-state index contributed by atoms with van der Waals surface area (Å²) in [5, 5.41) is 7.89. The Labute approximate surface area is 228 Å². The van der Waals surface area contributed by atoms with Crippen LogP contribution in [0.1, 0.15) is 40.8 Å². The molecule has 4 aromatic rings. The van der Waals surface area contributed by atoms with Crippen molar-refractivity contribution in [3.05, 3.63) is 111 Å². The first kappa shape index (κ1) is 25.6. The highest BCUT2D eigenvalue weighted by Gasteiger charge is 2.39. The summed E-state index contributed by atoms with van der Waals surface area (Å²) in [6.07, 6.45) is 1.51. The number of thiophene rings is 1. The fraction of sp³-hybridized carbons (Fsp3) is 0.138. The van der Waals surface area contributed by atoms with Crippen molar-refractivity contribution >= 4 is 52.2 Å². The molecule has 0 unspecified atom stereocenters. The lowest BCUT2D eigenvalue weighted by Gasteiger charge is -2.14. The zero-order valence-corrected chi connectivity index (χ0v) is 22.4. The third-order valence-corrected chi connectivity index (χ3v) is 7.90. The van der Waals surface area contributed by atoms with E-state index >= 15 is 0 Å². The first-order chi connectivity index (χ1) is 18.4. The second kappa shape index (κ2) is 11.1. The number of rotatable bonds is 9. The maximum atomic E-state index is 13.4. The van der Waals surface area contributed by atoms with Crippen molar-refractivity contribution < 1.29 is 18.8 Å². The quantitative estimate of drug-likeness (QED) is 0.228. The summed E-state index contributed by atoms with van der Waals surface area (Å²) in [4.78, 5) is 42.0. The van der Waals surface area contributed by atoms with Gasteiger partial charge in [-0.05, 0) is 71.5 Å². The van der Waals surface area contributed by atoms with Crippen molar-refractivity contribution in [2.45, 2.75) is 31.2 Å². The lowest BCUT2D eigenvalue weighted by molar-refractivity contribution is -0.138. The van der Waals surface area contributed by atoms with Gasteiger partial charge >= 0.3 is 0 Å². The Balaban J connectivity index is 1.38. The van der Waals surface area contributed by atoms with E-state index in [0.29, 0.717) is 27.1 Å². The minimum Gasteiger partial charge on any atom is -0.467 e. The van der Waals surface area contributed by atoms with E-state index < -0.39 is 11.8 Å². The number of imide groups is 1. The smallest absolute Gasteiger partial charge is 0.278 e. The molecule has 0 aliphatic carbocycles. The molecule has 7 nitrogen and oxygen atoms in total. The number of carbonyl (C=O) groups is 3. The van der Waals surface area contributed by atoms with Gasteiger partial charge in [0.25, 0.3) is 17.7 Å². The normalized spacial score (nSPS) is 13.5. The molecule has 0 saturated heterocycles. The number of nitrogens with zero attached hydrogens (tertiary/aromatic N) is 1. The Bertz CT molecular complexity index is 1470. The SMILES string of the molecule is CC(C)c1ccc(NC2=C(Sc3ccc(NC(=O)c4cccs4)cc3)C(=O)N(Cc3ccco3)C2=O)cc1. The van der Waals surface area contributed by atoms with Gasteiger partial charge in [-0.1, -0.05) is 43.8 Å². The summed E-state index contributed by atoms with van der Waals surface area (Å²) in [6.45, 7) is 4.27. The zero-order valence-electron chi connectivity index (χ0n) is 20.8. The van der Waals surface area contributed by atoms with Crippen LogP contribution in [0.4, 0.5) is 11.4 Å². The maximum Gasteiger partial charge on any atom is 0.278 e. The summed E-state index contributed by atoms with van der Waals surface area (Å²) in [6, 6.07) is 22.0. The predicted octanol–water partition coefficient (Wildman–Crippen LogP) is 6.70. The highest BCUT2D eigenvalue weighted by atomic mass is 32.2. The number of benzene rings is 2. The number of thioether (sulfide) groups is 1. The van der Waals surface area contributed by atoms with E-state index in [1.165, 1.54) is 39.8 Å². The number of amides is 3. The molecule has 2 aromatic carbocycles. The van der Waals surface area contributed by atoms with Crippen LogP contribution in [0.15, 0.2) is 104 Å². The van der Waals surface area contributed by atoms with Gasteiger partial charge in [0.15, 0.2) is 0 Å². The molecule has 1 aliphatic heterocycles. The van der Waals surface area contributed by atoms with Gasteiger partial charge in [-0.2, -0.15) is 0 Å². The number of anilines is 2. The summed E-state index contributed by atoms with van der Waals surface area (Å²) < 4.78 is 5.38. The van der Waals surface area contributed by atoms with E-state index in [2.05, 4.69) is 24.5 Å². The van der Waals surface area contributed by atoms with Crippen molar-refractivity contribution in [1.29, 1.82) is 0 Å². The fourth-order valence-electron chi connectivity index (χ4n) is 3.88. The lowest BCUT2D eigenvalue weighted by atomic mass is 10.0. The molecule has 0 atom stereocenters. The molecule has 0 spiro atoms. The Kier molecular flexibility index (Phi) is 7.48. The topological polar surface area (TPSA) is 91.7 Å². The molecule has 1 aliphatic rings. The van der Waals surface area contributed by atoms with Crippen molar-refractivity contribution in [3.63, 3.8) is 0 Å². The largest absolute Gasteiger partial charge is 0.467 e. The molecular formula is C29H25N3O4S2. The number of hydrogen-bond acceptors (Lipinski definition) is 7. The van der Waals surface area contributed by atoms with E-state index in [4.69, 9.17) is 4.42 Å². The first-order valence-electron chi connectivity index (χ1n) is 12.0. The van der Waals surface area contributed by atoms with Gasteiger partial charge in [-0.25, -0.2) is 0 Å². The van der Waals surface area contributed by atoms with Gasteiger partial charge < -0.3 is 15.1 Å². The van der Waals surface area contributed by atoms with Crippen LogP contribution in [0.2, 0.25) is 0 Å². The molecule has 0 bridgehead atoms. The van der Waals surface area contributed by atoms with Crippen molar-refractivity contribution in [1.82, 2.24) is 4.90 Å². The van der Waals surface area contributed by atoms with Gasteiger partial charge in [-0.15, -0.1) is 11.3 Å². The van der Waals surface area contributed by atoms with Gasteiger partial charge in [0.1, 0.15) is 16.4 Å². The summed E-state index contributed by atoms with van der Waals surface area (Å²) in [7, 11) is 0. The molecule has 2 aromatic heterocycles. The van der Waals surface area contributed by atoms with Gasteiger partial charge in [0, 0.05) is 16.3 Å². The molecule has 3 heterocycles. The summed E-state index contributed by atoms with van der Waals surface area (Å²) in [5.41, 5.74) is 2.76. The van der Waals surface area contributed by atoms with Crippen LogP contribution in [0, 0.1) is 0 Å². The average molecular weight is 544 g/mol. The standard InChI is InChI=1S/C29H25N3O4S2/c1-18(2)19-7-9-20(10-8-19)30-25-26(29(35)32(28(25)34)17-22-5-3-15-36-22)38-23-13-11-21(12-14-23)31-27(33)24-6-4-16-37-24/h3-16,18,30H,17H2,1-2H3,(H,31,33). The lowest BCUT2D eigenvalue weighted by Crippen LogP contribution is -2.31. The minimum atomic E-state index is -0.415. The average Bonchev–Trinajstić information content (AvgIpc) is 3.68. The van der Waals surface area contributed by atoms with Crippen LogP contribution in [0.3, 0.4) is 0 Å². The predicted molar refractivity (Wildman–Crippen MR) is 150 cm³/mol. The van der Waals surface area contributed by atoms with E-state index in [9.17, 15) is 14.4 Å². The Hall–Kier alpha value is -4.08. The monoisotopic (exact) mass is 543 g/mol. The van der Waals surface area contributed by atoms with Crippen molar-refractivity contribution in [2.24, 2.45) is 0 Å². The van der Waals surface area contributed by atoms with Gasteiger partial charge in [0.2, 0.25) is 0 Å². The zero-order chi connectivity index (χ0) is 26.6. The molecule has 38 heavy (non-hydrogen) atoms. The van der Waals surface area contributed by atoms with Crippen molar-refractivity contribution in [3.8, 4) is 0 Å². The van der Waals surface area contributed by atoms with Crippen LogP contribution in [-0.2, 0) is 16.1 Å². The van der Waals surface area contributed by atoms with Crippen molar-refractivity contribution in [2.75, 3.05) is 10.6 Å². The third kappa shape index (κ3) is 5.58. The molecule has 3 amide bonds. The molecule has 192 valence electrons. The molecule has 0 saturated carbocycles. The second-order valence-electron chi connectivity index (χ2n) is 8.94. The summed E-state index contributed by atoms with van der Waals surface area (Å²) >= 11 is 2.57. The molecule has 0 radical (unpaired) electrons. The van der Waals surface area contributed by atoms with Crippen LogP contribution in [-0.4, -0.2) is 22.6 Å². The van der Waals surface area contributed by atoms with E-state index in [-0.39, 0.29) is 18.1 Å². The van der Waals surface area contributed by atoms with E-state index in [1.807, 2.05) is 47.8 Å². The Morgan fingerprint density at radius 3 is 2.32 bits per heavy atom. The Morgan fingerprint density at radius 2 is 1.68 bits per heavy atom. The molecule has 9 heteroatoms. The Morgan fingerprint density at radius 1 is 0.947 bits per heavy atom. The second-order valence-corrected chi connectivity index (χ2v) is 11.0. The van der Waals surface area contributed by atoms with Crippen LogP contribution in [0.5, 0.6) is 0 Å². The van der Waals surface area contributed by atoms with Crippen LogP contribution in [0.25, 0.3) is 0 Å². The molecule has 0 fully saturated rings. The first-order valence-corrected chi connectivity index (χ1v) is 13.7. The number of nitrogens with one attached hydrogen (secondary N) is 2. The van der Waals surface area contributed by atoms with Gasteiger partial charge in [-0.3, -0.25) is 19.3 Å². The molecule has 2 N–H and O–H groups in total. The number of carbonyl (C=O) groups excluding carboxylic acids is 3. The molecular weight excluding hydrogens is 518 g/mol. The number of furan rings is 1. The fourth-order valence-corrected chi connectivity index (χ4v) is 5.45. The maximum absolute atomic E-state index is 13.4. The summed E-state index contributed by atoms with van der Waals surface area (Å²) in [5.74, 6) is -0.0898. The highest BCUT2D eigenvalue weighted by Crippen LogP contribution is 2.37. The number of hydrogen-bond donors (Lipinski definition) is 2. The van der Waals surface area contributed by atoms with Gasteiger partial charge in [0.05, 0.1) is 17.7 Å². The van der Waals surface area contributed by atoms with E-state index in [0.717, 1.165) is 10.6 Å². The highest BCUT2D eigenvalue weighted by molar-refractivity contribution is 8.04. The minimum absolute atomic E-state index is 0.0416.